The van der Waals surface area contributed by atoms with E-state index in [0.717, 1.165) is 11.1 Å². The maximum Gasteiger partial charge on any atom is 0.325 e. The molecule has 0 radical (unpaired) electrons. The number of amides is 3. The van der Waals surface area contributed by atoms with Crippen molar-refractivity contribution in [1.82, 2.24) is 5.32 Å². The summed E-state index contributed by atoms with van der Waals surface area (Å²) in [6.45, 7) is 3.62. The van der Waals surface area contributed by atoms with E-state index >= 15 is 0 Å². The predicted molar refractivity (Wildman–Crippen MR) is 89.7 cm³/mol. The number of imide groups is 1. The van der Waals surface area contributed by atoms with Gasteiger partial charge in [0, 0.05) is 5.69 Å². The van der Waals surface area contributed by atoms with Crippen molar-refractivity contribution in [2.75, 3.05) is 11.9 Å². The Labute approximate surface area is 140 Å². The SMILES string of the molecule is Cc1ccc(NC(=O)NC(=O)COc2ccc(C#N)cc2)cc1C. The minimum absolute atomic E-state index is 0.299. The summed E-state index contributed by atoms with van der Waals surface area (Å²) in [5, 5.41) is 13.5. The molecule has 0 spiro atoms. The second-order valence-electron chi connectivity index (χ2n) is 5.23. The quantitative estimate of drug-likeness (QED) is 0.905. The molecule has 2 aromatic carbocycles. The first-order valence-corrected chi connectivity index (χ1v) is 7.29. The van der Waals surface area contributed by atoms with Gasteiger partial charge in [-0.05, 0) is 61.4 Å². The van der Waals surface area contributed by atoms with Gasteiger partial charge in [-0.1, -0.05) is 6.07 Å². The molecule has 0 aliphatic rings. The van der Waals surface area contributed by atoms with Crippen LogP contribution in [0.25, 0.3) is 0 Å². The summed E-state index contributed by atoms with van der Waals surface area (Å²) in [5.41, 5.74) is 3.27. The Balaban J connectivity index is 1.81. The van der Waals surface area contributed by atoms with Gasteiger partial charge in [-0.15, -0.1) is 0 Å². The van der Waals surface area contributed by atoms with Crippen molar-refractivity contribution in [1.29, 1.82) is 5.26 Å². The Kier molecular flexibility index (Phi) is 5.53. The lowest BCUT2D eigenvalue weighted by molar-refractivity contribution is -0.121. The van der Waals surface area contributed by atoms with Crippen molar-refractivity contribution in [2.24, 2.45) is 0 Å². The third kappa shape index (κ3) is 4.85. The zero-order chi connectivity index (χ0) is 17.5. The fraction of sp³-hybridized carbons (Fsp3) is 0.167. The molecule has 0 bridgehead atoms. The van der Waals surface area contributed by atoms with E-state index in [1.807, 2.05) is 32.0 Å². The first-order chi connectivity index (χ1) is 11.5. The van der Waals surface area contributed by atoms with E-state index in [1.165, 1.54) is 0 Å². The molecule has 6 heteroatoms. The van der Waals surface area contributed by atoms with Crippen LogP contribution in [0.5, 0.6) is 5.75 Å². The van der Waals surface area contributed by atoms with Crippen LogP contribution in [0.3, 0.4) is 0 Å². The van der Waals surface area contributed by atoms with E-state index < -0.39 is 11.9 Å². The number of aryl methyl sites for hydroxylation is 2. The topological polar surface area (TPSA) is 91.2 Å². The average Bonchev–Trinajstić information content (AvgIpc) is 2.56. The fourth-order valence-corrected chi connectivity index (χ4v) is 1.92. The highest BCUT2D eigenvalue weighted by molar-refractivity contribution is 6.01. The van der Waals surface area contributed by atoms with Gasteiger partial charge < -0.3 is 10.1 Å². The molecule has 0 atom stereocenters. The zero-order valence-corrected chi connectivity index (χ0v) is 13.4. The van der Waals surface area contributed by atoms with Crippen LogP contribution < -0.4 is 15.4 Å². The fourth-order valence-electron chi connectivity index (χ4n) is 1.92. The molecular formula is C18H17N3O3. The molecule has 3 amide bonds. The van der Waals surface area contributed by atoms with Crippen molar-refractivity contribution < 1.29 is 14.3 Å². The van der Waals surface area contributed by atoms with Crippen molar-refractivity contribution >= 4 is 17.6 Å². The van der Waals surface area contributed by atoms with Crippen molar-refractivity contribution in [3.8, 4) is 11.8 Å². The Hall–Kier alpha value is -3.33. The van der Waals surface area contributed by atoms with E-state index in [9.17, 15) is 9.59 Å². The van der Waals surface area contributed by atoms with Crippen molar-refractivity contribution in [3.05, 3.63) is 59.2 Å². The lowest BCUT2D eigenvalue weighted by Gasteiger charge is -2.09. The second kappa shape index (κ2) is 7.79. The van der Waals surface area contributed by atoms with Gasteiger partial charge in [0.25, 0.3) is 5.91 Å². The van der Waals surface area contributed by atoms with Gasteiger partial charge >= 0.3 is 6.03 Å². The number of hydrogen-bond donors (Lipinski definition) is 2. The number of carbonyl (C=O) groups excluding carboxylic acids is 2. The van der Waals surface area contributed by atoms with Gasteiger partial charge in [0.1, 0.15) is 5.75 Å². The van der Waals surface area contributed by atoms with Crippen molar-refractivity contribution in [2.45, 2.75) is 13.8 Å². The first-order valence-electron chi connectivity index (χ1n) is 7.29. The van der Waals surface area contributed by atoms with Crippen LogP contribution in [-0.2, 0) is 4.79 Å². The maximum absolute atomic E-state index is 11.8. The molecule has 0 aromatic heterocycles. The number of nitrogens with one attached hydrogen (secondary N) is 2. The molecule has 6 nitrogen and oxygen atoms in total. The van der Waals surface area contributed by atoms with Crippen LogP contribution in [0.1, 0.15) is 16.7 Å². The van der Waals surface area contributed by atoms with Crippen molar-refractivity contribution in [3.63, 3.8) is 0 Å². The van der Waals surface area contributed by atoms with Gasteiger partial charge in [0.05, 0.1) is 11.6 Å². The molecule has 0 saturated carbocycles. The number of nitriles is 1. The molecule has 2 rings (SSSR count). The lowest BCUT2D eigenvalue weighted by Crippen LogP contribution is -2.37. The number of ether oxygens (including phenoxy) is 1. The molecule has 0 aliphatic heterocycles. The molecular weight excluding hydrogens is 306 g/mol. The van der Waals surface area contributed by atoms with Gasteiger partial charge in [0.2, 0.25) is 0 Å². The number of urea groups is 1. The van der Waals surface area contributed by atoms with Crippen LogP contribution >= 0.6 is 0 Å². The Bertz CT molecular complexity index is 792. The highest BCUT2D eigenvalue weighted by atomic mass is 16.5. The summed E-state index contributed by atoms with van der Waals surface area (Å²) < 4.78 is 5.25. The predicted octanol–water partition coefficient (Wildman–Crippen LogP) is 2.90. The van der Waals surface area contributed by atoms with E-state index in [-0.39, 0.29) is 6.61 Å². The highest BCUT2D eigenvalue weighted by Gasteiger charge is 2.09. The first kappa shape index (κ1) is 17.0. The average molecular weight is 323 g/mol. The minimum atomic E-state index is -0.619. The Morgan fingerprint density at radius 2 is 1.79 bits per heavy atom. The second-order valence-corrected chi connectivity index (χ2v) is 5.23. The van der Waals surface area contributed by atoms with Crippen LogP contribution in [0.15, 0.2) is 42.5 Å². The number of benzene rings is 2. The zero-order valence-electron chi connectivity index (χ0n) is 13.4. The molecule has 0 saturated heterocycles. The monoisotopic (exact) mass is 323 g/mol. The van der Waals surface area contributed by atoms with Crippen LogP contribution in [0.2, 0.25) is 0 Å². The molecule has 122 valence electrons. The van der Waals surface area contributed by atoms with Crippen LogP contribution in [-0.4, -0.2) is 18.5 Å². The molecule has 0 heterocycles. The Morgan fingerprint density at radius 1 is 1.08 bits per heavy atom. The van der Waals surface area contributed by atoms with E-state index in [2.05, 4.69) is 10.6 Å². The van der Waals surface area contributed by atoms with Gasteiger partial charge in [-0.2, -0.15) is 5.26 Å². The van der Waals surface area contributed by atoms with Crippen LogP contribution in [0.4, 0.5) is 10.5 Å². The standard InChI is InChI=1S/C18H17N3O3/c1-12-3-6-15(9-13(12)2)20-18(23)21-17(22)11-24-16-7-4-14(10-19)5-8-16/h3-9H,11H2,1-2H3,(H2,20,21,22,23). The summed E-state index contributed by atoms with van der Waals surface area (Å²) in [4.78, 5) is 23.5. The van der Waals surface area contributed by atoms with E-state index in [1.54, 1.807) is 30.3 Å². The summed E-state index contributed by atoms with van der Waals surface area (Å²) in [5.74, 6) is -0.126. The Morgan fingerprint density at radius 3 is 2.42 bits per heavy atom. The number of anilines is 1. The van der Waals surface area contributed by atoms with E-state index in [0.29, 0.717) is 17.0 Å². The summed E-state index contributed by atoms with van der Waals surface area (Å²) in [7, 11) is 0. The minimum Gasteiger partial charge on any atom is -0.484 e. The lowest BCUT2D eigenvalue weighted by atomic mass is 10.1. The summed E-state index contributed by atoms with van der Waals surface area (Å²) in [6, 6.07) is 13.2. The largest absolute Gasteiger partial charge is 0.484 e. The molecule has 2 N–H and O–H groups in total. The molecule has 24 heavy (non-hydrogen) atoms. The maximum atomic E-state index is 11.8. The third-order valence-electron chi connectivity index (χ3n) is 3.37. The molecule has 2 aromatic rings. The third-order valence-corrected chi connectivity index (χ3v) is 3.37. The van der Waals surface area contributed by atoms with Gasteiger partial charge in [-0.3, -0.25) is 10.1 Å². The summed E-state index contributed by atoms with van der Waals surface area (Å²) >= 11 is 0. The highest BCUT2D eigenvalue weighted by Crippen LogP contribution is 2.14. The normalized spacial score (nSPS) is 9.71. The molecule has 0 unspecified atom stereocenters. The van der Waals surface area contributed by atoms with E-state index in [4.69, 9.17) is 10.00 Å². The molecule has 0 fully saturated rings. The molecule has 0 aliphatic carbocycles. The number of hydrogen-bond acceptors (Lipinski definition) is 4. The smallest absolute Gasteiger partial charge is 0.325 e. The number of carbonyl (C=O) groups is 2. The van der Waals surface area contributed by atoms with Gasteiger partial charge in [-0.25, -0.2) is 4.79 Å². The van der Waals surface area contributed by atoms with Crippen LogP contribution in [0, 0.1) is 25.2 Å². The summed E-state index contributed by atoms with van der Waals surface area (Å²) in [6.07, 6.45) is 0. The number of nitrogens with zero attached hydrogens (tertiary/aromatic N) is 1. The number of rotatable bonds is 4. The van der Waals surface area contributed by atoms with Gasteiger partial charge in [0.15, 0.2) is 6.61 Å².